The number of benzene rings is 2. The van der Waals surface area contributed by atoms with E-state index < -0.39 is 5.79 Å². The summed E-state index contributed by atoms with van der Waals surface area (Å²) in [7, 11) is 0. The number of nitrogens with zero attached hydrogens (tertiary/aromatic N) is 4. The average molecular weight is 537 g/mol. The van der Waals surface area contributed by atoms with Gasteiger partial charge < -0.3 is 18.8 Å². The Kier molecular flexibility index (Phi) is 5.27. The van der Waals surface area contributed by atoms with Crippen molar-refractivity contribution in [1.29, 1.82) is 0 Å². The van der Waals surface area contributed by atoms with Crippen molar-refractivity contribution >= 4 is 28.5 Å². The van der Waals surface area contributed by atoms with Crippen LogP contribution in [0.2, 0.25) is 5.15 Å². The molecule has 194 valence electrons. The third-order valence-corrected chi connectivity index (χ3v) is 8.41. The second kappa shape index (κ2) is 8.88. The third kappa shape index (κ3) is 3.68. The monoisotopic (exact) mass is 536 g/mol. The molecule has 3 aliphatic rings. The second-order valence-corrected chi connectivity index (χ2v) is 10.7. The number of pyridine rings is 1. The number of fused-ring (bicyclic) bond motifs is 4. The van der Waals surface area contributed by atoms with Crippen LogP contribution in [0.4, 0.5) is 5.82 Å². The molecule has 2 fully saturated rings. The molecule has 2 aromatic carbocycles. The van der Waals surface area contributed by atoms with Crippen LogP contribution in [0.15, 0.2) is 71.5 Å². The summed E-state index contributed by atoms with van der Waals surface area (Å²) in [6.45, 7) is 2.85. The zero-order valence-corrected chi connectivity index (χ0v) is 21.9. The van der Waals surface area contributed by atoms with Crippen molar-refractivity contribution in [3.8, 4) is 33.6 Å². The molecule has 2 aliphatic heterocycles. The van der Waals surface area contributed by atoms with Crippen LogP contribution in [0, 0.1) is 0 Å². The van der Waals surface area contributed by atoms with Crippen molar-refractivity contribution in [2.75, 3.05) is 31.2 Å². The number of piperidine rings is 1. The van der Waals surface area contributed by atoms with Gasteiger partial charge in [0.2, 0.25) is 5.71 Å². The molecule has 5 aromatic rings. The quantitative estimate of drug-likeness (QED) is 0.238. The number of hydrogen-bond donors (Lipinski definition) is 0. The lowest BCUT2D eigenvalue weighted by molar-refractivity contribution is -0.169. The van der Waals surface area contributed by atoms with Gasteiger partial charge in [-0.2, -0.15) is 0 Å². The first-order valence-electron chi connectivity index (χ1n) is 13.3. The normalized spacial score (nSPS) is 17.6. The lowest BCUT2D eigenvalue weighted by Crippen LogP contribution is -2.45. The van der Waals surface area contributed by atoms with Crippen molar-refractivity contribution in [2.45, 2.75) is 25.0 Å². The van der Waals surface area contributed by atoms with E-state index in [4.69, 9.17) is 30.5 Å². The summed E-state index contributed by atoms with van der Waals surface area (Å²) in [6.07, 6.45) is 5.83. The van der Waals surface area contributed by atoms with Gasteiger partial charge in [-0.1, -0.05) is 54.1 Å². The van der Waals surface area contributed by atoms with Gasteiger partial charge in [0.1, 0.15) is 23.1 Å². The van der Waals surface area contributed by atoms with Gasteiger partial charge in [0.25, 0.3) is 0 Å². The molecule has 8 rings (SSSR count). The largest absolute Gasteiger partial charge is 0.437 e. The lowest BCUT2D eigenvalue weighted by Gasteiger charge is -2.38. The lowest BCUT2D eigenvalue weighted by atomic mass is 9.91. The minimum absolute atomic E-state index is 0.435. The summed E-state index contributed by atoms with van der Waals surface area (Å²) in [6, 6.07) is 18.9. The van der Waals surface area contributed by atoms with E-state index >= 15 is 0 Å². The molecule has 8 heteroatoms. The summed E-state index contributed by atoms with van der Waals surface area (Å²) in [5.74, 6) is 1.11. The van der Waals surface area contributed by atoms with Gasteiger partial charge in [0, 0.05) is 43.3 Å². The van der Waals surface area contributed by atoms with Crippen molar-refractivity contribution in [3.63, 3.8) is 0 Å². The van der Waals surface area contributed by atoms with E-state index in [1.807, 2.05) is 6.07 Å². The number of aromatic nitrogens is 3. The van der Waals surface area contributed by atoms with Gasteiger partial charge >= 0.3 is 0 Å². The smallest absolute Gasteiger partial charge is 0.232 e. The molecular formula is C31H25ClN4O3. The summed E-state index contributed by atoms with van der Waals surface area (Å²) < 4.78 is 18.5. The first-order chi connectivity index (χ1) is 19.2. The Morgan fingerprint density at radius 2 is 1.59 bits per heavy atom. The van der Waals surface area contributed by atoms with Crippen LogP contribution < -0.4 is 4.90 Å². The number of halogens is 1. The molecule has 0 bridgehead atoms. The van der Waals surface area contributed by atoms with Crippen LogP contribution in [-0.4, -0.2) is 47.0 Å². The van der Waals surface area contributed by atoms with Crippen LogP contribution in [0.25, 0.3) is 44.7 Å². The standard InChI is InChI=1S/C31H25ClN4O3/c32-24-9-8-21(17-33-24)28-26(23-7-3-5-20-16-19-4-1-2-6-22(19)25(20)23)27-29(34-18-35-30(27)39-28)36-12-10-31(11-13-36)37-14-15-38-31/h1-9,17-18H,10-16H2. The first-order valence-corrected chi connectivity index (χ1v) is 13.7. The van der Waals surface area contributed by atoms with E-state index in [0.29, 0.717) is 29.8 Å². The van der Waals surface area contributed by atoms with E-state index in [0.717, 1.165) is 60.2 Å². The van der Waals surface area contributed by atoms with Gasteiger partial charge in [0.15, 0.2) is 5.79 Å². The van der Waals surface area contributed by atoms with E-state index in [1.54, 1.807) is 18.6 Å². The molecule has 3 aromatic heterocycles. The highest BCUT2D eigenvalue weighted by Gasteiger charge is 2.41. The maximum absolute atomic E-state index is 6.54. The molecule has 0 unspecified atom stereocenters. The highest BCUT2D eigenvalue weighted by molar-refractivity contribution is 6.29. The molecule has 0 saturated carbocycles. The number of ether oxygens (including phenoxy) is 2. The second-order valence-electron chi connectivity index (χ2n) is 10.3. The Morgan fingerprint density at radius 1 is 0.795 bits per heavy atom. The van der Waals surface area contributed by atoms with Crippen molar-refractivity contribution < 1.29 is 13.9 Å². The zero-order valence-electron chi connectivity index (χ0n) is 21.2. The fourth-order valence-electron chi connectivity index (χ4n) is 6.37. The molecule has 0 N–H and O–H groups in total. The highest BCUT2D eigenvalue weighted by Crippen LogP contribution is 2.50. The predicted molar refractivity (Wildman–Crippen MR) is 150 cm³/mol. The molecule has 0 atom stereocenters. The van der Waals surface area contributed by atoms with Gasteiger partial charge in [-0.05, 0) is 46.4 Å². The average Bonchev–Trinajstić information content (AvgIpc) is 3.69. The van der Waals surface area contributed by atoms with Gasteiger partial charge in [-0.15, -0.1) is 0 Å². The molecular weight excluding hydrogens is 512 g/mol. The molecule has 5 heterocycles. The van der Waals surface area contributed by atoms with Crippen molar-refractivity contribution in [2.24, 2.45) is 0 Å². The van der Waals surface area contributed by atoms with Crippen molar-refractivity contribution in [3.05, 3.63) is 83.4 Å². The SMILES string of the molecule is Clc1ccc(-c2oc3ncnc(N4CCC5(CC4)OCCO5)c3c2-c2cccc3c2-c2ccccc2C3)cn1. The Morgan fingerprint density at radius 3 is 2.41 bits per heavy atom. The van der Waals surface area contributed by atoms with E-state index in [-0.39, 0.29) is 0 Å². The minimum Gasteiger partial charge on any atom is -0.437 e. The predicted octanol–water partition coefficient (Wildman–Crippen LogP) is 6.52. The van der Waals surface area contributed by atoms with Gasteiger partial charge in [0.05, 0.1) is 18.6 Å². The van der Waals surface area contributed by atoms with Crippen LogP contribution in [-0.2, 0) is 15.9 Å². The Balaban J connectivity index is 1.36. The molecule has 0 amide bonds. The summed E-state index contributed by atoms with van der Waals surface area (Å²) >= 11 is 6.15. The fourth-order valence-corrected chi connectivity index (χ4v) is 6.48. The number of hydrogen-bond acceptors (Lipinski definition) is 7. The maximum Gasteiger partial charge on any atom is 0.232 e. The van der Waals surface area contributed by atoms with Crippen LogP contribution >= 0.6 is 11.6 Å². The Hall–Kier alpha value is -3.78. The van der Waals surface area contributed by atoms with Gasteiger partial charge in [-0.25, -0.2) is 15.0 Å². The molecule has 39 heavy (non-hydrogen) atoms. The molecule has 7 nitrogen and oxygen atoms in total. The number of rotatable bonds is 3. The van der Waals surface area contributed by atoms with Crippen molar-refractivity contribution in [1.82, 2.24) is 15.0 Å². The molecule has 2 saturated heterocycles. The Labute approximate surface area is 230 Å². The van der Waals surface area contributed by atoms with E-state index in [2.05, 4.69) is 57.3 Å². The fraction of sp³-hybridized carbons (Fsp3) is 0.258. The number of furan rings is 1. The minimum atomic E-state index is -0.466. The van der Waals surface area contributed by atoms with Gasteiger partial charge in [-0.3, -0.25) is 0 Å². The molecule has 1 spiro atoms. The van der Waals surface area contributed by atoms with Crippen LogP contribution in [0.5, 0.6) is 0 Å². The van der Waals surface area contributed by atoms with Crippen LogP contribution in [0.3, 0.4) is 0 Å². The van der Waals surface area contributed by atoms with Crippen LogP contribution in [0.1, 0.15) is 24.0 Å². The summed E-state index contributed by atoms with van der Waals surface area (Å²) in [5.41, 5.74) is 8.60. The molecule has 1 aliphatic carbocycles. The topological polar surface area (TPSA) is 73.5 Å². The maximum atomic E-state index is 6.54. The van der Waals surface area contributed by atoms with E-state index in [1.165, 1.54) is 22.3 Å². The summed E-state index contributed by atoms with van der Waals surface area (Å²) in [5, 5.41) is 1.34. The highest BCUT2D eigenvalue weighted by atomic mass is 35.5. The molecule has 0 radical (unpaired) electrons. The number of anilines is 1. The zero-order chi connectivity index (χ0) is 26.0. The Bertz CT molecular complexity index is 1720. The first kappa shape index (κ1) is 23.1. The third-order valence-electron chi connectivity index (χ3n) is 8.18. The van der Waals surface area contributed by atoms with E-state index in [9.17, 15) is 0 Å². The summed E-state index contributed by atoms with van der Waals surface area (Å²) in [4.78, 5) is 16.1.